The number of hydrogen-bond acceptors (Lipinski definition) is 6. The zero-order valence-electron chi connectivity index (χ0n) is 15.9. The molecule has 28 heavy (non-hydrogen) atoms. The minimum absolute atomic E-state index is 0.158. The largest absolute Gasteiger partial charge is 0.497 e. The van der Waals surface area contributed by atoms with Gasteiger partial charge in [0.1, 0.15) is 5.75 Å². The number of nitrogens with one attached hydrogen (secondary N) is 2. The molecular formula is C21H21N5O2. The van der Waals surface area contributed by atoms with E-state index < -0.39 is 6.17 Å². The average Bonchev–Trinajstić information content (AvgIpc) is 2.69. The Bertz CT molecular complexity index is 1090. The molecule has 0 saturated carbocycles. The maximum atomic E-state index is 12.7. The molecule has 2 N–H and O–H groups in total. The van der Waals surface area contributed by atoms with Crippen LogP contribution in [0.2, 0.25) is 0 Å². The number of rotatable bonds is 3. The standard InChI is InChI=1S/C21H21N5O2/c1-13-4-8-16(9-5-13)23-20-24-19(15-6-10-17(28-3)11-7-15)26-18(27)12-14(2)22-21(26)25-20/h4-12,19H,1-3H3,(H2,22,23,24,25)/t19-/m0/s1. The van der Waals surface area contributed by atoms with Gasteiger partial charge in [-0.05, 0) is 43.7 Å². The average molecular weight is 375 g/mol. The smallest absolute Gasteiger partial charge is 0.257 e. The van der Waals surface area contributed by atoms with Crippen molar-refractivity contribution in [3.63, 3.8) is 0 Å². The molecule has 0 radical (unpaired) electrons. The van der Waals surface area contributed by atoms with Gasteiger partial charge in [-0.2, -0.15) is 0 Å². The molecule has 0 saturated heterocycles. The maximum absolute atomic E-state index is 12.7. The fourth-order valence-corrected chi connectivity index (χ4v) is 3.09. The summed E-state index contributed by atoms with van der Waals surface area (Å²) in [4.78, 5) is 21.9. The predicted molar refractivity (Wildman–Crippen MR) is 110 cm³/mol. The molecule has 1 aliphatic rings. The van der Waals surface area contributed by atoms with Crippen molar-refractivity contribution in [1.29, 1.82) is 0 Å². The van der Waals surface area contributed by atoms with E-state index in [9.17, 15) is 4.79 Å². The van der Waals surface area contributed by atoms with E-state index in [-0.39, 0.29) is 5.56 Å². The topological polar surface area (TPSA) is 80.5 Å². The molecule has 0 bridgehead atoms. The third kappa shape index (κ3) is 3.46. The molecule has 2 heterocycles. The van der Waals surface area contributed by atoms with Gasteiger partial charge >= 0.3 is 0 Å². The highest BCUT2D eigenvalue weighted by molar-refractivity contribution is 6.03. The summed E-state index contributed by atoms with van der Waals surface area (Å²) in [6.07, 6.45) is -0.532. The van der Waals surface area contributed by atoms with E-state index in [0.29, 0.717) is 17.6 Å². The molecule has 1 atom stereocenters. The minimum atomic E-state index is -0.532. The lowest BCUT2D eigenvalue weighted by atomic mass is 10.1. The molecule has 3 aromatic rings. The first-order valence-corrected chi connectivity index (χ1v) is 8.96. The molecule has 2 aromatic carbocycles. The lowest BCUT2D eigenvalue weighted by Crippen LogP contribution is -2.37. The molecule has 1 aliphatic heterocycles. The second kappa shape index (κ2) is 7.19. The van der Waals surface area contributed by atoms with Crippen molar-refractivity contribution in [2.75, 3.05) is 17.7 Å². The van der Waals surface area contributed by atoms with E-state index in [0.717, 1.165) is 17.0 Å². The van der Waals surface area contributed by atoms with E-state index in [4.69, 9.17) is 9.73 Å². The second-order valence-electron chi connectivity index (χ2n) is 6.67. The van der Waals surface area contributed by atoms with Crippen LogP contribution in [0.1, 0.15) is 23.0 Å². The highest BCUT2D eigenvalue weighted by Crippen LogP contribution is 2.27. The fourth-order valence-electron chi connectivity index (χ4n) is 3.09. The summed E-state index contributed by atoms with van der Waals surface area (Å²) >= 11 is 0. The van der Waals surface area contributed by atoms with Crippen molar-refractivity contribution >= 4 is 17.6 Å². The summed E-state index contributed by atoms with van der Waals surface area (Å²) < 4.78 is 6.78. The Morgan fingerprint density at radius 1 is 1.07 bits per heavy atom. The Morgan fingerprint density at radius 2 is 1.79 bits per heavy atom. The van der Waals surface area contributed by atoms with Crippen LogP contribution in [0.25, 0.3) is 0 Å². The van der Waals surface area contributed by atoms with Crippen molar-refractivity contribution in [3.8, 4) is 5.75 Å². The van der Waals surface area contributed by atoms with E-state index in [1.54, 1.807) is 18.6 Å². The third-order valence-electron chi connectivity index (χ3n) is 4.53. The molecule has 0 aliphatic carbocycles. The van der Waals surface area contributed by atoms with Gasteiger partial charge in [0.2, 0.25) is 11.9 Å². The first kappa shape index (κ1) is 17.8. The summed E-state index contributed by atoms with van der Waals surface area (Å²) in [6.45, 7) is 3.83. The van der Waals surface area contributed by atoms with Crippen LogP contribution in [0, 0.1) is 13.8 Å². The predicted octanol–water partition coefficient (Wildman–Crippen LogP) is 3.31. The van der Waals surface area contributed by atoms with Gasteiger partial charge in [0.05, 0.1) is 7.11 Å². The van der Waals surface area contributed by atoms with Crippen molar-refractivity contribution in [2.24, 2.45) is 4.99 Å². The molecule has 0 unspecified atom stereocenters. The summed E-state index contributed by atoms with van der Waals surface area (Å²) in [7, 11) is 1.62. The van der Waals surface area contributed by atoms with Crippen molar-refractivity contribution < 1.29 is 4.74 Å². The maximum Gasteiger partial charge on any atom is 0.257 e. The van der Waals surface area contributed by atoms with Crippen LogP contribution >= 0.6 is 0 Å². The Kier molecular flexibility index (Phi) is 4.57. The van der Waals surface area contributed by atoms with E-state index in [2.05, 4.69) is 15.6 Å². The molecule has 0 fully saturated rings. The zero-order chi connectivity index (χ0) is 19.7. The monoisotopic (exact) mass is 375 g/mol. The molecule has 7 nitrogen and oxygen atoms in total. The van der Waals surface area contributed by atoms with E-state index in [1.165, 1.54) is 11.6 Å². The van der Waals surface area contributed by atoms with Gasteiger partial charge in [-0.15, -0.1) is 0 Å². The Hall–Kier alpha value is -3.61. The van der Waals surface area contributed by atoms with Crippen molar-refractivity contribution in [3.05, 3.63) is 81.8 Å². The zero-order valence-corrected chi connectivity index (χ0v) is 15.9. The Labute approximate surface area is 162 Å². The first-order valence-electron chi connectivity index (χ1n) is 8.96. The normalized spacial score (nSPS) is 15.2. The van der Waals surface area contributed by atoms with Gasteiger partial charge in [-0.3, -0.25) is 14.7 Å². The van der Waals surface area contributed by atoms with Crippen LogP contribution in [-0.2, 0) is 0 Å². The van der Waals surface area contributed by atoms with Gasteiger partial charge in [0.15, 0.2) is 6.17 Å². The number of anilines is 2. The molecule has 0 amide bonds. The number of aromatic nitrogens is 2. The van der Waals surface area contributed by atoms with Gasteiger partial charge in [-0.1, -0.05) is 29.8 Å². The lowest BCUT2D eigenvalue weighted by Gasteiger charge is -2.27. The lowest BCUT2D eigenvalue weighted by molar-refractivity contribution is 0.414. The van der Waals surface area contributed by atoms with E-state index in [1.807, 2.05) is 55.5 Å². The van der Waals surface area contributed by atoms with Crippen LogP contribution in [-0.4, -0.2) is 22.6 Å². The molecular weight excluding hydrogens is 354 g/mol. The number of fused-ring (bicyclic) bond motifs is 1. The second-order valence-corrected chi connectivity index (χ2v) is 6.67. The van der Waals surface area contributed by atoms with Crippen LogP contribution in [0.3, 0.4) is 0 Å². The number of ether oxygens (including phenoxy) is 1. The molecule has 0 spiro atoms. The summed E-state index contributed by atoms with van der Waals surface area (Å²) in [5.74, 6) is 1.73. The number of nitrogens with zero attached hydrogens (tertiary/aromatic N) is 3. The molecule has 7 heteroatoms. The number of methoxy groups -OCH3 is 1. The number of aryl methyl sites for hydroxylation is 2. The third-order valence-corrected chi connectivity index (χ3v) is 4.53. The Morgan fingerprint density at radius 3 is 2.46 bits per heavy atom. The van der Waals surface area contributed by atoms with Crippen molar-refractivity contribution in [2.45, 2.75) is 20.0 Å². The highest BCUT2D eigenvalue weighted by atomic mass is 16.5. The quantitative estimate of drug-likeness (QED) is 0.734. The van der Waals surface area contributed by atoms with Crippen LogP contribution < -0.4 is 20.9 Å². The molecule has 1 aromatic heterocycles. The summed E-state index contributed by atoms with van der Waals surface area (Å²) in [6, 6.07) is 17.0. The van der Waals surface area contributed by atoms with E-state index >= 15 is 0 Å². The minimum Gasteiger partial charge on any atom is -0.497 e. The number of aliphatic imine (C=N–C) groups is 1. The Balaban J connectivity index is 1.77. The molecule has 142 valence electrons. The van der Waals surface area contributed by atoms with Crippen LogP contribution in [0.5, 0.6) is 5.75 Å². The van der Waals surface area contributed by atoms with Gasteiger partial charge < -0.3 is 10.1 Å². The fraction of sp³-hybridized carbons (Fsp3) is 0.190. The number of benzene rings is 2. The van der Waals surface area contributed by atoms with Crippen molar-refractivity contribution in [1.82, 2.24) is 9.55 Å². The molecule has 4 rings (SSSR count). The van der Waals surface area contributed by atoms with Gasteiger partial charge in [-0.25, -0.2) is 9.98 Å². The summed E-state index contributed by atoms with van der Waals surface area (Å²) in [5.41, 5.74) is 3.42. The SMILES string of the molecule is COc1ccc([C@H]2N=C(Nc3ccc(C)cc3)Nc3nc(C)cc(=O)n32)cc1. The number of hydrogen-bond donors (Lipinski definition) is 2. The van der Waals surface area contributed by atoms with Gasteiger partial charge in [0.25, 0.3) is 5.56 Å². The highest BCUT2D eigenvalue weighted by Gasteiger charge is 2.25. The van der Waals surface area contributed by atoms with Gasteiger partial charge in [0, 0.05) is 17.4 Å². The van der Waals surface area contributed by atoms with Crippen LogP contribution in [0.4, 0.5) is 11.6 Å². The van der Waals surface area contributed by atoms with Crippen LogP contribution in [0.15, 0.2) is 64.4 Å². The first-order chi connectivity index (χ1) is 13.5. The number of guanidine groups is 1. The summed E-state index contributed by atoms with van der Waals surface area (Å²) in [5, 5.41) is 6.40.